The van der Waals surface area contributed by atoms with Gasteiger partial charge in [0, 0.05) is 29.8 Å². The van der Waals surface area contributed by atoms with Crippen LogP contribution in [0.15, 0.2) is 67.0 Å². The second-order valence-corrected chi connectivity index (χ2v) is 5.89. The summed E-state index contributed by atoms with van der Waals surface area (Å²) in [5, 5.41) is 4.88. The number of aromatic nitrogens is 1. The van der Waals surface area contributed by atoms with Crippen LogP contribution in [0.3, 0.4) is 0 Å². The molecule has 0 fully saturated rings. The van der Waals surface area contributed by atoms with Crippen molar-refractivity contribution in [3.8, 4) is 5.69 Å². The molecule has 1 aromatic heterocycles. The number of nitrogens with one attached hydrogen (secondary N) is 2. The maximum Gasteiger partial charge on any atom is 0.243 e. The third kappa shape index (κ3) is 5.01. The van der Waals surface area contributed by atoms with E-state index in [1.54, 1.807) is 0 Å². The number of rotatable bonds is 6. The van der Waals surface area contributed by atoms with Crippen molar-refractivity contribution in [2.75, 3.05) is 11.9 Å². The lowest BCUT2D eigenvalue weighted by molar-refractivity contribution is -0.123. The molecule has 7 heteroatoms. The number of carbonyl (C=O) groups is 2. The van der Waals surface area contributed by atoms with Gasteiger partial charge in [-0.3, -0.25) is 9.59 Å². The predicted octanol–water partition coefficient (Wildman–Crippen LogP) is 3.05. The number of nitrogens with zero attached hydrogens (tertiary/aromatic N) is 1. The molecule has 0 saturated carbocycles. The molecule has 0 unspecified atom stereocenters. The lowest BCUT2D eigenvalue weighted by Gasteiger charge is -2.08. The molecule has 3 aromatic rings. The molecule has 0 spiro atoms. The van der Waals surface area contributed by atoms with Gasteiger partial charge in [0.15, 0.2) is 11.6 Å². The van der Waals surface area contributed by atoms with E-state index in [1.165, 1.54) is 6.07 Å². The topological polar surface area (TPSA) is 63.1 Å². The van der Waals surface area contributed by atoms with Crippen molar-refractivity contribution in [1.82, 2.24) is 9.88 Å². The van der Waals surface area contributed by atoms with E-state index in [0.717, 1.165) is 23.4 Å². The number of halogens is 2. The Labute approximate surface area is 154 Å². The van der Waals surface area contributed by atoms with Crippen molar-refractivity contribution < 1.29 is 18.4 Å². The SMILES string of the molecule is O=C(Cc1ccc(-n2cccc2)cc1)NCC(=O)Nc1ccc(F)c(F)c1. The van der Waals surface area contributed by atoms with Gasteiger partial charge in [0.2, 0.25) is 11.8 Å². The smallest absolute Gasteiger partial charge is 0.243 e. The summed E-state index contributed by atoms with van der Waals surface area (Å²) in [7, 11) is 0. The van der Waals surface area contributed by atoms with Gasteiger partial charge in [-0.15, -0.1) is 0 Å². The van der Waals surface area contributed by atoms with Crippen LogP contribution in [-0.2, 0) is 16.0 Å². The van der Waals surface area contributed by atoms with Crippen LogP contribution >= 0.6 is 0 Å². The van der Waals surface area contributed by atoms with Gasteiger partial charge in [-0.1, -0.05) is 12.1 Å². The number of carbonyl (C=O) groups excluding carboxylic acids is 2. The molecule has 0 saturated heterocycles. The first kappa shape index (κ1) is 18.3. The summed E-state index contributed by atoms with van der Waals surface area (Å²) in [6.07, 6.45) is 3.98. The Balaban J connectivity index is 1.47. The van der Waals surface area contributed by atoms with E-state index in [0.29, 0.717) is 0 Å². The van der Waals surface area contributed by atoms with Crippen LogP contribution < -0.4 is 10.6 Å². The largest absolute Gasteiger partial charge is 0.347 e. The van der Waals surface area contributed by atoms with Gasteiger partial charge in [0.25, 0.3) is 0 Å². The molecule has 1 heterocycles. The van der Waals surface area contributed by atoms with Crippen LogP contribution in [0.25, 0.3) is 5.69 Å². The average molecular weight is 369 g/mol. The highest BCUT2D eigenvalue weighted by Gasteiger charge is 2.09. The summed E-state index contributed by atoms with van der Waals surface area (Å²) < 4.78 is 27.9. The van der Waals surface area contributed by atoms with E-state index in [-0.39, 0.29) is 24.6 Å². The molecule has 138 valence electrons. The maximum absolute atomic E-state index is 13.1. The number of benzene rings is 2. The van der Waals surface area contributed by atoms with E-state index >= 15 is 0 Å². The van der Waals surface area contributed by atoms with Crippen molar-refractivity contribution >= 4 is 17.5 Å². The summed E-state index contributed by atoms with van der Waals surface area (Å²) in [5.41, 5.74) is 1.91. The van der Waals surface area contributed by atoms with Crippen molar-refractivity contribution in [1.29, 1.82) is 0 Å². The number of hydrogen-bond donors (Lipinski definition) is 2. The summed E-state index contributed by atoms with van der Waals surface area (Å²) in [6.45, 7) is -0.265. The van der Waals surface area contributed by atoms with Gasteiger partial charge >= 0.3 is 0 Å². The lowest BCUT2D eigenvalue weighted by Crippen LogP contribution is -2.33. The quantitative estimate of drug-likeness (QED) is 0.702. The third-order valence-electron chi connectivity index (χ3n) is 3.85. The van der Waals surface area contributed by atoms with E-state index in [2.05, 4.69) is 10.6 Å². The van der Waals surface area contributed by atoms with Crippen molar-refractivity contribution in [2.45, 2.75) is 6.42 Å². The van der Waals surface area contributed by atoms with Crippen LogP contribution in [-0.4, -0.2) is 22.9 Å². The van der Waals surface area contributed by atoms with Crippen LogP contribution in [0, 0.1) is 11.6 Å². The van der Waals surface area contributed by atoms with Crippen molar-refractivity contribution in [3.63, 3.8) is 0 Å². The zero-order valence-corrected chi connectivity index (χ0v) is 14.3. The van der Waals surface area contributed by atoms with Crippen LogP contribution in [0.2, 0.25) is 0 Å². The molecule has 27 heavy (non-hydrogen) atoms. The van der Waals surface area contributed by atoms with Crippen LogP contribution in [0.1, 0.15) is 5.56 Å². The molecular formula is C20H17F2N3O2. The summed E-state index contributed by atoms with van der Waals surface area (Å²) >= 11 is 0. The Hall–Kier alpha value is -3.48. The minimum atomic E-state index is -1.06. The third-order valence-corrected chi connectivity index (χ3v) is 3.85. The van der Waals surface area contributed by atoms with E-state index in [9.17, 15) is 18.4 Å². The lowest BCUT2D eigenvalue weighted by atomic mass is 10.1. The van der Waals surface area contributed by atoms with Crippen LogP contribution in [0.5, 0.6) is 0 Å². The molecular weight excluding hydrogens is 352 g/mol. The molecule has 0 aliphatic rings. The first-order chi connectivity index (χ1) is 13.0. The molecule has 0 aliphatic heterocycles. The molecule has 0 bridgehead atoms. The highest BCUT2D eigenvalue weighted by atomic mass is 19.2. The average Bonchev–Trinajstić information content (AvgIpc) is 3.18. The molecule has 5 nitrogen and oxygen atoms in total. The van der Waals surface area contributed by atoms with E-state index in [1.807, 2.05) is 53.4 Å². The maximum atomic E-state index is 13.1. The Morgan fingerprint density at radius 2 is 1.59 bits per heavy atom. The summed E-state index contributed by atoms with van der Waals surface area (Å²) in [5.74, 6) is -2.90. The molecule has 0 atom stereocenters. The summed E-state index contributed by atoms with van der Waals surface area (Å²) in [6, 6.07) is 14.4. The zero-order chi connectivity index (χ0) is 19.2. The van der Waals surface area contributed by atoms with Gasteiger partial charge in [-0.25, -0.2) is 8.78 Å². The second kappa shape index (κ2) is 8.27. The fourth-order valence-corrected chi connectivity index (χ4v) is 2.50. The molecule has 0 aliphatic carbocycles. The molecule has 2 aromatic carbocycles. The number of anilines is 1. The van der Waals surface area contributed by atoms with E-state index in [4.69, 9.17) is 0 Å². The Morgan fingerprint density at radius 1 is 0.889 bits per heavy atom. The van der Waals surface area contributed by atoms with Gasteiger partial charge in [0.1, 0.15) is 0 Å². The predicted molar refractivity (Wildman–Crippen MR) is 97.5 cm³/mol. The normalized spacial score (nSPS) is 10.4. The Kier molecular flexibility index (Phi) is 5.61. The second-order valence-electron chi connectivity index (χ2n) is 5.89. The van der Waals surface area contributed by atoms with Gasteiger partial charge in [0.05, 0.1) is 13.0 Å². The Bertz CT molecular complexity index is 938. The zero-order valence-electron chi connectivity index (χ0n) is 14.3. The van der Waals surface area contributed by atoms with Crippen LogP contribution in [0.4, 0.5) is 14.5 Å². The fraction of sp³-hybridized carbons (Fsp3) is 0.100. The molecule has 3 rings (SSSR count). The van der Waals surface area contributed by atoms with Gasteiger partial charge in [-0.05, 0) is 42.0 Å². The molecule has 0 radical (unpaired) electrons. The number of amides is 2. The summed E-state index contributed by atoms with van der Waals surface area (Å²) in [4.78, 5) is 23.8. The Morgan fingerprint density at radius 3 is 2.26 bits per heavy atom. The highest BCUT2D eigenvalue weighted by Crippen LogP contribution is 2.13. The van der Waals surface area contributed by atoms with E-state index < -0.39 is 17.5 Å². The molecule has 2 amide bonds. The van der Waals surface area contributed by atoms with Crippen molar-refractivity contribution in [2.24, 2.45) is 0 Å². The monoisotopic (exact) mass is 369 g/mol. The fourth-order valence-electron chi connectivity index (χ4n) is 2.50. The first-order valence-electron chi connectivity index (χ1n) is 8.25. The highest BCUT2D eigenvalue weighted by molar-refractivity contribution is 5.94. The number of hydrogen-bond acceptors (Lipinski definition) is 2. The first-order valence-corrected chi connectivity index (χ1v) is 8.25. The van der Waals surface area contributed by atoms with Gasteiger partial charge < -0.3 is 15.2 Å². The minimum absolute atomic E-state index is 0.119. The standard InChI is InChI=1S/C20H17F2N3O2/c21-17-8-5-15(12-18(17)22)24-20(27)13-23-19(26)11-14-3-6-16(7-4-14)25-9-1-2-10-25/h1-10,12H,11,13H2,(H,23,26)(H,24,27). The van der Waals surface area contributed by atoms with Crippen molar-refractivity contribution in [3.05, 3.63) is 84.2 Å². The van der Waals surface area contributed by atoms with Gasteiger partial charge in [-0.2, -0.15) is 0 Å². The minimum Gasteiger partial charge on any atom is -0.347 e. The molecule has 2 N–H and O–H groups in total.